The van der Waals surface area contributed by atoms with Crippen molar-refractivity contribution in [2.75, 3.05) is 24.1 Å². The molecule has 26 heavy (non-hydrogen) atoms. The molecule has 0 bridgehead atoms. The molecule has 1 amide bonds. The van der Waals surface area contributed by atoms with Gasteiger partial charge in [0.15, 0.2) is 0 Å². The molecular weight excluding hydrogens is 357 g/mol. The van der Waals surface area contributed by atoms with E-state index in [1.807, 2.05) is 30.3 Å². The Labute approximate surface area is 151 Å². The van der Waals surface area contributed by atoms with Crippen molar-refractivity contribution < 1.29 is 17.6 Å². The lowest BCUT2D eigenvalue weighted by Gasteiger charge is -2.19. The van der Waals surface area contributed by atoms with Crippen LogP contribution in [0, 0.1) is 5.82 Å². The maximum absolute atomic E-state index is 13.7. The molecule has 8 heteroatoms. The Balaban J connectivity index is 1.87. The Morgan fingerprint density at radius 3 is 2.54 bits per heavy atom. The van der Waals surface area contributed by atoms with Gasteiger partial charge in [-0.25, -0.2) is 12.8 Å². The summed E-state index contributed by atoms with van der Waals surface area (Å²) in [4.78, 5) is 14.4. The highest BCUT2D eigenvalue weighted by molar-refractivity contribution is 7.92. The zero-order chi connectivity index (χ0) is 18.9. The van der Waals surface area contributed by atoms with E-state index in [2.05, 4.69) is 4.72 Å². The summed E-state index contributed by atoms with van der Waals surface area (Å²) in [5.74, 6) is -1.10. The summed E-state index contributed by atoms with van der Waals surface area (Å²) >= 11 is 0. The predicted octanol–water partition coefficient (Wildman–Crippen LogP) is 1.76. The van der Waals surface area contributed by atoms with E-state index in [0.29, 0.717) is 13.1 Å². The maximum atomic E-state index is 13.7. The number of likely N-dealkylation sites (tertiary alicyclic amines) is 1. The number of nitrogens with two attached hydrogens (primary N) is 1. The van der Waals surface area contributed by atoms with Crippen molar-refractivity contribution >= 4 is 21.6 Å². The van der Waals surface area contributed by atoms with Crippen molar-refractivity contribution in [3.05, 3.63) is 65.5 Å². The fourth-order valence-electron chi connectivity index (χ4n) is 3.20. The smallest absolute Gasteiger partial charge is 0.256 e. The molecule has 1 aliphatic rings. The molecule has 1 saturated heterocycles. The van der Waals surface area contributed by atoms with Gasteiger partial charge in [0, 0.05) is 25.0 Å². The molecule has 0 saturated carbocycles. The van der Waals surface area contributed by atoms with E-state index in [1.54, 1.807) is 0 Å². The summed E-state index contributed by atoms with van der Waals surface area (Å²) in [6.07, 6.45) is 0.974. The van der Waals surface area contributed by atoms with E-state index in [0.717, 1.165) is 24.0 Å². The molecule has 0 unspecified atom stereocenters. The van der Waals surface area contributed by atoms with Crippen molar-refractivity contribution in [1.29, 1.82) is 0 Å². The second kappa shape index (κ2) is 7.05. The van der Waals surface area contributed by atoms with Gasteiger partial charge in [-0.15, -0.1) is 0 Å². The molecule has 138 valence electrons. The SMILES string of the molecule is CS(=O)(=O)Nc1ccc(F)cc1C(=O)N1C[C@@H](N)[C@H](c2ccccc2)C1. The molecular formula is C18H20FN3O3S. The lowest BCUT2D eigenvalue weighted by molar-refractivity contribution is 0.0789. The van der Waals surface area contributed by atoms with E-state index in [-0.39, 0.29) is 23.2 Å². The topological polar surface area (TPSA) is 92.5 Å². The summed E-state index contributed by atoms with van der Waals surface area (Å²) in [7, 11) is -3.60. The van der Waals surface area contributed by atoms with E-state index < -0.39 is 21.7 Å². The van der Waals surface area contributed by atoms with Gasteiger partial charge in [0.2, 0.25) is 10.0 Å². The van der Waals surface area contributed by atoms with Gasteiger partial charge in [-0.1, -0.05) is 30.3 Å². The first-order valence-electron chi connectivity index (χ1n) is 8.12. The van der Waals surface area contributed by atoms with Gasteiger partial charge in [0.1, 0.15) is 5.82 Å². The zero-order valence-corrected chi connectivity index (χ0v) is 15.0. The van der Waals surface area contributed by atoms with Gasteiger partial charge < -0.3 is 10.6 Å². The molecule has 0 aliphatic carbocycles. The van der Waals surface area contributed by atoms with Crippen LogP contribution < -0.4 is 10.5 Å². The Morgan fingerprint density at radius 1 is 1.19 bits per heavy atom. The van der Waals surface area contributed by atoms with Gasteiger partial charge in [-0.3, -0.25) is 9.52 Å². The van der Waals surface area contributed by atoms with Gasteiger partial charge in [-0.2, -0.15) is 0 Å². The van der Waals surface area contributed by atoms with E-state index in [1.165, 1.54) is 11.0 Å². The molecule has 1 fully saturated rings. The van der Waals surface area contributed by atoms with Crippen molar-refractivity contribution in [3.8, 4) is 0 Å². The summed E-state index contributed by atoms with van der Waals surface area (Å²) in [6.45, 7) is 0.700. The van der Waals surface area contributed by atoms with Crippen LogP contribution in [0.15, 0.2) is 48.5 Å². The van der Waals surface area contributed by atoms with Crippen LogP contribution in [0.5, 0.6) is 0 Å². The van der Waals surface area contributed by atoms with Crippen LogP contribution in [-0.2, 0) is 10.0 Å². The maximum Gasteiger partial charge on any atom is 0.256 e. The third-order valence-corrected chi connectivity index (χ3v) is 4.98. The average molecular weight is 377 g/mol. The fourth-order valence-corrected chi connectivity index (χ4v) is 3.78. The number of nitrogens with one attached hydrogen (secondary N) is 1. The van der Waals surface area contributed by atoms with E-state index in [9.17, 15) is 17.6 Å². The van der Waals surface area contributed by atoms with Crippen LogP contribution in [0.3, 0.4) is 0 Å². The Kier molecular flexibility index (Phi) is 4.97. The number of sulfonamides is 1. The first-order valence-corrected chi connectivity index (χ1v) is 10.0. The minimum absolute atomic E-state index is 0.0278. The van der Waals surface area contributed by atoms with Crippen LogP contribution in [0.1, 0.15) is 21.8 Å². The highest BCUT2D eigenvalue weighted by Crippen LogP contribution is 2.29. The number of benzene rings is 2. The first-order chi connectivity index (χ1) is 12.2. The second-order valence-corrected chi connectivity index (χ2v) is 8.20. The number of anilines is 1. The molecule has 1 heterocycles. The third kappa shape index (κ3) is 4.03. The van der Waals surface area contributed by atoms with Crippen LogP contribution in [0.4, 0.5) is 10.1 Å². The molecule has 1 aliphatic heterocycles. The number of halogens is 1. The predicted molar refractivity (Wildman–Crippen MR) is 97.9 cm³/mol. The highest BCUT2D eigenvalue weighted by atomic mass is 32.2. The number of carbonyl (C=O) groups is 1. The summed E-state index contributed by atoms with van der Waals surface area (Å²) in [5.41, 5.74) is 7.26. The van der Waals surface area contributed by atoms with Crippen molar-refractivity contribution in [2.45, 2.75) is 12.0 Å². The molecule has 2 aromatic carbocycles. The van der Waals surface area contributed by atoms with Crippen LogP contribution in [0.2, 0.25) is 0 Å². The van der Waals surface area contributed by atoms with E-state index in [4.69, 9.17) is 5.73 Å². The molecule has 2 atom stereocenters. The quantitative estimate of drug-likeness (QED) is 0.849. The minimum atomic E-state index is -3.60. The highest BCUT2D eigenvalue weighted by Gasteiger charge is 2.35. The van der Waals surface area contributed by atoms with Crippen molar-refractivity contribution in [2.24, 2.45) is 5.73 Å². The van der Waals surface area contributed by atoms with E-state index >= 15 is 0 Å². The number of carbonyl (C=O) groups excluding carboxylic acids is 1. The summed E-state index contributed by atoms with van der Waals surface area (Å²) in [6, 6.07) is 12.8. The second-order valence-electron chi connectivity index (χ2n) is 6.46. The lowest BCUT2D eigenvalue weighted by Crippen LogP contribution is -2.32. The standard InChI is InChI=1S/C18H20FN3O3S/c1-26(24,25)21-17-8-7-13(19)9-14(17)18(23)22-10-15(16(20)11-22)12-5-3-2-4-6-12/h2-9,15-16,21H,10-11,20H2,1H3/t15-,16+/m0/s1. The lowest BCUT2D eigenvalue weighted by atomic mass is 9.95. The number of rotatable bonds is 4. The average Bonchev–Trinajstić information content (AvgIpc) is 2.97. The Morgan fingerprint density at radius 2 is 1.88 bits per heavy atom. The molecule has 6 nitrogen and oxygen atoms in total. The molecule has 0 aromatic heterocycles. The normalized spacial score (nSPS) is 20.2. The largest absolute Gasteiger partial charge is 0.336 e. The number of amides is 1. The molecule has 2 aromatic rings. The van der Waals surface area contributed by atoms with Gasteiger partial charge in [-0.05, 0) is 23.8 Å². The zero-order valence-electron chi connectivity index (χ0n) is 14.2. The van der Waals surface area contributed by atoms with Crippen molar-refractivity contribution in [3.63, 3.8) is 0 Å². The van der Waals surface area contributed by atoms with Crippen LogP contribution in [0.25, 0.3) is 0 Å². The number of hydrogen-bond donors (Lipinski definition) is 2. The van der Waals surface area contributed by atoms with Gasteiger partial charge in [0.05, 0.1) is 17.5 Å². The third-order valence-electron chi connectivity index (χ3n) is 4.39. The number of hydrogen-bond acceptors (Lipinski definition) is 4. The van der Waals surface area contributed by atoms with Crippen LogP contribution in [-0.4, -0.2) is 44.6 Å². The molecule has 3 rings (SSSR count). The fraction of sp³-hybridized carbons (Fsp3) is 0.278. The Bertz CT molecular complexity index is 919. The molecule has 0 spiro atoms. The minimum Gasteiger partial charge on any atom is -0.336 e. The summed E-state index contributed by atoms with van der Waals surface area (Å²) in [5, 5.41) is 0. The van der Waals surface area contributed by atoms with Gasteiger partial charge in [0.25, 0.3) is 5.91 Å². The Hall–Kier alpha value is -2.45. The van der Waals surface area contributed by atoms with Crippen LogP contribution >= 0.6 is 0 Å². The summed E-state index contributed by atoms with van der Waals surface area (Å²) < 4.78 is 39.0. The molecule has 3 N–H and O–H groups in total. The molecule has 0 radical (unpaired) electrons. The van der Waals surface area contributed by atoms with Gasteiger partial charge >= 0.3 is 0 Å². The van der Waals surface area contributed by atoms with Crippen molar-refractivity contribution in [1.82, 2.24) is 4.90 Å². The number of nitrogens with zero attached hydrogens (tertiary/aromatic N) is 1. The first kappa shape index (κ1) is 18.3. The monoisotopic (exact) mass is 377 g/mol.